The smallest absolute Gasteiger partial charge is 0.162 e. The Kier molecular flexibility index (Phi) is 3.85. The highest BCUT2D eigenvalue weighted by atomic mass is 16.5. The van der Waals surface area contributed by atoms with Gasteiger partial charge in [0.05, 0.1) is 0 Å². The van der Waals surface area contributed by atoms with Gasteiger partial charge in [-0.05, 0) is 26.2 Å². The number of nitrogens with zero attached hydrogens (tertiary/aromatic N) is 2. The first-order valence-corrected chi connectivity index (χ1v) is 6.81. The molecule has 0 unspecified atom stereocenters. The van der Waals surface area contributed by atoms with Crippen LogP contribution < -0.4 is 5.73 Å². The molecular formula is C14H23N3O. The minimum atomic E-state index is -0.315. The van der Waals surface area contributed by atoms with E-state index in [2.05, 4.69) is 11.9 Å². The van der Waals surface area contributed by atoms with Gasteiger partial charge >= 0.3 is 0 Å². The molecule has 1 fully saturated rings. The van der Waals surface area contributed by atoms with E-state index >= 15 is 0 Å². The topological polar surface area (TPSA) is 61.0 Å². The summed E-state index contributed by atoms with van der Waals surface area (Å²) in [4.78, 5) is 9.19. The van der Waals surface area contributed by atoms with Crippen molar-refractivity contribution >= 4 is 5.82 Å². The molecule has 1 aliphatic carbocycles. The van der Waals surface area contributed by atoms with Crippen molar-refractivity contribution < 1.29 is 4.74 Å². The minimum absolute atomic E-state index is 0.315. The fourth-order valence-electron chi connectivity index (χ4n) is 2.77. The predicted molar refractivity (Wildman–Crippen MR) is 72.3 cm³/mol. The third-order valence-electron chi connectivity index (χ3n) is 4.08. The van der Waals surface area contributed by atoms with Crippen LogP contribution in [0.5, 0.6) is 0 Å². The van der Waals surface area contributed by atoms with Crippen molar-refractivity contribution in [1.29, 1.82) is 0 Å². The average molecular weight is 249 g/mol. The van der Waals surface area contributed by atoms with Crippen LogP contribution in [0.2, 0.25) is 0 Å². The summed E-state index contributed by atoms with van der Waals surface area (Å²) in [7, 11) is 1.76. The second-order valence-electron chi connectivity index (χ2n) is 5.12. The molecule has 100 valence electrons. The van der Waals surface area contributed by atoms with Gasteiger partial charge in [0.15, 0.2) is 5.82 Å². The van der Waals surface area contributed by atoms with Crippen molar-refractivity contribution in [3.63, 3.8) is 0 Å². The predicted octanol–water partition coefficient (Wildman–Crippen LogP) is 2.74. The number of nitrogens with two attached hydrogens (primary N) is 1. The van der Waals surface area contributed by atoms with Crippen LogP contribution in [0.15, 0.2) is 0 Å². The van der Waals surface area contributed by atoms with E-state index in [9.17, 15) is 0 Å². The van der Waals surface area contributed by atoms with E-state index in [1.807, 2.05) is 6.92 Å². The number of ether oxygens (including phenoxy) is 1. The Labute approximate surface area is 109 Å². The fourth-order valence-corrected chi connectivity index (χ4v) is 2.77. The zero-order chi connectivity index (χ0) is 13.2. The van der Waals surface area contributed by atoms with Crippen molar-refractivity contribution in [2.45, 2.75) is 58.0 Å². The normalized spacial score (nSPS) is 18.8. The van der Waals surface area contributed by atoms with Crippen LogP contribution >= 0.6 is 0 Å². The Morgan fingerprint density at radius 2 is 1.89 bits per heavy atom. The summed E-state index contributed by atoms with van der Waals surface area (Å²) in [6, 6.07) is 0. The molecule has 2 N–H and O–H groups in total. The van der Waals surface area contributed by atoms with Crippen LogP contribution in [0.3, 0.4) is 0 Å². The highest BCUT2D eigenvalue weighted by Crippen LogP contribution is 2.38. The summed E-state index contributed by atoms with van der Waals surface area (Å²) in [5.41, 5.74) is 7.74. The summed E-state index contributed by atoms with van der Waals surface area (Å²) in [5, 5.41) is 0. The molecule has 18 heavy (non-hydrogen) atoms. The van der Waals surface area contributed by atoms with Gasteiger partial charge in [0, 0.05) is 18.4 Å². The highest BCUT2D eigenvalue weighted by molar-refractivity contribution is 5.41. The lowest BCUT2D eigenvalue weighted by Crippen LogP contribution is -2.34. The maximum atomic E-state index is 6.01. The van der Waals surface area contributed by atoms with E-state index in [1.54, 1.807) is 7.11 Å². The van der Waals surface area contributed by atoms with Gasteiger partial charge in [0.2, 0.25) is 0 Å². The number of hydrogen-bond donors (Lipinski definition) is 1. The molecule has 1 aliphatic rings. The molecule has 1 heterocycles. The number of aryl methyl sites for hydroxylation is 1. The van der Waals surface area contributed by atoms with Gasteiger partial charge in [-0.15, -0.1) is 0 Å². The number of hydrogen-bond acceptors (Lipinski definition) is 4. The van der Waals surface area contributed by atoms with Crippen molar-refractivity contribution in [2.75, 3.05) is 12.8 Å². The van der Waals surface area contributed by atoms with Crippen molar-refractivity contribution in [1.82, 2.24) is 9.97 Å². The molecule has 2 rings (SSSR count). The molecule has 1 saturated carbocycles. The van der Waals surface area contributed by atoms with Crippen molar-refractivity contribution in [3.05, 3.63) is 17.1 Å². The first kappa shape index (κ1) is 13.3. The standard InChI is InChI=1S/C14H23N3O/c1-4-11-10(2)12(15)17-13(16-11)14(18-3)8-6-5-7-9-14/h4-9H2,1-3H3,(H2,15,16,17). The maximum Gasteiger partial charge on any atom is 0.162 e. The second-order valence-corrected chi connectivity index (χ2v) is 5.12. The average Bonchev–Trinajstić information content (AvgIpc) is 2.42. The number of aromatic nitrogens is 2. The summed E-state index contributed by atoms with van der Waals surface area (Å²) in [5.74, 6) is 1.38. The Balaban J connectivity index is 2.45. The van der Waals surface area contributed by atoms with E-state index < -0.39 is 0 Å². The van der Waals surface area contributed by atoms with E-state index in [-0.39, 0.29) is 5.60 Å². The van der Waals surface area contributed by atoms with E-state index in [0.29, 0.717) is 5.82 Å². The first-order valence-electron chi connectivity index (χ1n) is 6.81. The van der Waals surface area contributed by atoms with E-state index in [0.717, 1.165) is 36.3 Å². The van der Waals surface area contributed by atoms with Crippen LogP contribution in [0.1, 0.15) is 56.1 Å². The van der Waals surface area contributed by atoms with E-state index in [1.165, 1.54) is 19.3 Å². The zero-order valence-corrected chi connectivity index (χ0v) is 11.6. The van der Waals surface area contributed by atoms with Gasteiger partial charge in [-0.25, -0.2) is 9.97 Å². The van der Waals surface area contributed by atoms with E-state index in [4.69, 9.17) is 15.5 Å². The van der Waals surface area contributed by atoms with Gasteiger partial charge in [0.25, 0.3) is 0 Å². The van der Waals surface area contributed by atoms with Gasteiger partial charge in [-0.3, -0.25) is 0 Å². The maximum absolute atomic E-state index is 6.01. The second kappa shape index (κ2) is 5.22. The largest absolute Gasteiger partial charge is 0.383 e. The molecule has 0 bridgehead atoms. The van der Waals surface area contributed by atoms with Crippen LogP contribution in [-0.4, -0.2) is 17.1 Å². The summed E-state index contributed by atoms with van der Waals surface area (Å²) < 4.78 is 5.78. The summed E-state index contributed by atoms with van der Waals surface area (Å²) >= 11 is 0. The molecule has 0 radical (unpaired) electrons. The molecular weight excluding hydrogens is 226 g/mol. The van der Waals surface area contributed by atoms with Gasteiger partial charge in [-0.1, -0.05) is 26.2 Å². The van der Waals surface area contributed by atoms with Crippen LogP contribution in [0.25, 0.3) is 0 Å². The third-order valence-corrected chi connectivity index (χ3v) is 4.08. The first-order chi connectivity index (χ1) is 8.63. The van der Waals surface area contributed by atoms with Gasteiger partial charge in [0.1, 0.15) is 11.4 Å². The SMILES string of the molecule is CCc1nc(C2(OC)CCCCC2)nc(N)c1C. The third kappa shape index (κ3) is 2.21. The molecule has 4 heteroatoms. The lowest BCUT2D eigenvalue weighted by Gasteiger charge is -2.34. The minimum Gasteiger partial charge on any atom is -0.383 e. The summed E-state index contributed by atoms with van der Waals surface area (Å²) in [6.07, 6.45) is 6.49. The monoisotopic (exact) mass is 249 g/mol. The molecule has 0 aliphatic heterocycles. The van der Waals surface area contributed by atoms with Crippen LogP contribution in [0, 0.1) is 6.92 Å². The molecule has 4 nitrogen and oxygen atoms in total. The number of rotatable bonds is 3. The molecule has 0 atom stereocenters. The molecule has 0 amide bonds. The molecule has 0 spiro atoms. The Morgan fingerprint density at radius 1 is 1.22 bits per heavy atom. The fraction of sp³-hybridized carbons (Fsp3) is 0.714. The van der Waals surface area contributed by atoms with Gasteiger partial charge in [-0.2, -0.15) is 0 Å². The van der Waals surface area contributed by atoms with Crippen LogP contribution in [-0.2, 0) is 16.8 Å². The van der Waals surface area contributed by atoms with Gasteiger partial charge < -0.3 is 10.5 Å². The Bertz CT molecular complexity index is 425. The lowest BCUT2D eigenvalue weighted by atomic mass is 9.83. The van der Waals surface area contributed by atoms with Crippen molar-refractivity contribution in [2.24, 2.45) is 0 Å². The highest BCUT2D eigenvalue weighted by Gasteiger charge is 2.37. The summed E-state index contributed by atoms with van der Waals surface area (Å²) in [6.45, 7) is 4.08. The Morgan fingerprint density at radius 3 is 2.44 bits per heavy atom. The van der Waals surface area contributed by atoms with Crippen LogP contribution in [0.4, 0.5) is 5.82 Å². The number of nitrogen functional groups attached to an aromatic ring is 1. The quantitative estimate of drug-likeness (QED) is 0.894. The number of anilines is 1. The molecule has 1 aromatic heterocycles. The Hall–Kier alpha value is -1.16. The zero-order valence-electron chi connectivity index (χ0n) is 11.6. The molecule has 0 saturated heterocycles. The molecule has 0 aromatic carbocycles. The lowest BCUT2D eigenvalue weighted by molar-refractivity contribution is -0.0515. The molecule has 1 aromatic rings. The van der Waals surface area contributed by atoms with Crippen molar-refractivity contribution in [3.8, 4) is 0 Å². The number of methoxy groups -OCH3 is 1.